The summed E-state index contributed by atoms with van der Waals surface area (Å²) in [5, 5.41) is 3.41. The van der Waals surface area contributed by atoms with E-state index in [0.29, 0.717) is 6.54 Å². The van der Waals surface area contributed by atoms with Crippen LogP contribution in [0.1, 0.15) is 12.0 Å². The van der Waals surface area contributed by atoms with Gasteiger partial charge < -0.3 is 16.0 Å². The molecule has 1 aliphatic heterocycles. The first-order valence-electron chi connectivity index (χ1n) is 5.65. The summed E-state index contributed by atoms with van der Waals surface area (Å²) in [5.74, 6) is 0. The van der Waals surface area contributed by atoms with Crippen molar-refractivity contribution in [2.45, 2.75) is 13.0 Å². The van der Waals surface area contributed by atoms with Crippen LogP contribution in [0.2, 0.25) is 0 Å². The first-order chi connectivity index (χ1) is 7.40. The molecule has 0 spiro atoms. The van der Waals surface area contributed by atoms with Crippen LogP contribution in [-0.4, -0.2) is 26.2 Å². The minimum atomic E-state index is 0.627. The average Bonchev–Trinajstić information content (AvgIpc) is 2.58. The Morgan fingerprint density at radius 1 is 1.13 bits per heavy atom. The van der Waals surface area contributed by atoms with Gasteiger partial charge in [-0.3, -0.25) is 0 Å². The van der Waals surface area contributed by atoms with Gasteiger partial charge in [0.2, 0.25) is 0 Å². The lowest BCUT2D eigenvalue weighted by atomic mass is 10.2. The second-order valence-corrected chi connectivity index (χ2v) is 3.96. The van der Waals surface area contributed by atoms with Gasteiger partial charge in [0.25, 0.3) is 0 Å². The van der Waals surface area contributed by atoms with Crippen LogP contribution < -0.4 is 16.0 Å². The topological polar surface area (TPSA) is 41.3 Å². The summed E-state index contributed by atoms with van der Waals surface area (Å²) in [6.45, 7) is 5.09. The largest absolute Gasteiger partial charge is 0.370 e. The lowest BCUT2D eigenvalue weighted by molar-refractivity contribution is 0.724. The Labute approximate surface area is 91.3 Å². The van der Waals surface area contributed by atoms with Gasteiger partial charge in [-0.15, -0.1) is 0 Å². The summed E-state index contributed by atoms with van der Waals surface area (Å²) in [5.41, 5.74) is 8.10. The van der Waals surface area contributed by atoms with Crippen molar-refractivity contribution in [3.8, 4) is 0 Å². The molecule has 0 bridgehead atoms. The van der Waals surface area contributed by atoms with E-state index < -0.39 is 0 Å². The van der Waals surface area contributed by atoms with Crippen LogP contribution in [0.5, 0.6) is 0 Å². The van der Waals surface area contributed by atoms with E-state index in [1.807, 2.05) is 0 Å². The lowest BCUT2D eigenvalue weighted by Crippen LogP contribution is -2.27. The second-order valence-electron chi connectivity index (χ2n) is 3.96. The highest BCUT2D eigenvalue weighted by atomic mass is 15.2. The van der Waals surface area contributed by atoms with Crippen LogP contribution in [0.4, 0.5) is 5.69 Å². The minimum Gasteiger partial charge on any atom is -0.370 e. The Hall–Kier alpha value is -1.06. The number of nitrogens with zero attached hydrogens (tertiary/aromatic N) is 1. The third-order valence-corrected chi connectivity index (χ3v) is 2.88. The normalized spacial score (nSPS) is 17.5. The van der Waals surface area contributed by atoms with E-state index in [-0.39, 0.29) is 0 Å². The molecule has 3 N–H and O–H groups in total. The number of benzene rings is 1. The van der Waals surface area contributed by atoms with Gasteiger partial charge >= 0.3 is 0 Å². The smallest absolute Gasteiger partial charge is 0.0366 e. The molecule has 3 heteroatoms. The fourth-order valence-electron chi connectivity index (χ4n) is 1.95. The summed E-state index contributed by atoms with van der Waals surface area (Å²) in [7, 11) is 0. The molecule has 0 aliphatic carbocycles. The van der Waals surface area contributed by atoms with Crippen molar-refractivity contribution in [1.82, 2.24) is 5.32 Å². The first-order valence-corrected chi connectivity index (χ1v) is 5.65. The van der Waals surface area contributed by atoms with Gasteiger partial charge in [-0.25, -0.2) is 0 Å². The second kappa shape index (κ2) is 5.14. The SMILES string of the molecule is NCc1ccc(N2CCCNCC2)cc1. The van der Waals surface area contributed by atoms with E-state index in [1.165, 1.54) is 17.7 Å². The lowest BCUT2D eigenvalue weighted by Gasteiger charge is -2.22. The molecule has 0 unspecified atom stereocenters. The predicted octanol–water partition coefficient (Wildman–Crippen LogP) is 0.945. The van der Waals surface area contributed by atoms with E-state index >= 15 is 0 Å². The van der Waals surface area contributed by atoms with Crippen molar-refractivity contribution in [3.63, 3.8) is 0 Å². The van der Waals surface area contributed by atoms with Gasteiger partial charge in [0.05, 0.1) is 0 Å². The third-order valence-electron chi connectivity index (χ3n) is 2.88. The monoisotopic (exact) mass is 205 g/mol. The number of nitrogens with two attached hydrogens (primary N) is 1. The van der Waals surface area contributed by atoms with Gasteiger partial charge in [0.1, 0.15) is 0 Å². The molecular weight excluding hydrogens is 186 g/mol. The Morgan fingerprint density at radius 2 is 1.93 bits per heavy atom. The number of hydrogen-bond acceptors (Lipinski definition) is 3. The van der Waals surface area contributed by atoms with Crippen molar-refractivity contribution in [2.24, 2.45) is 5.73 Å². The highest BCUT2D eigenvalue weighted by Gasteiger charge is 2.08. The molecule has 1 saturated heterocycles. The van der Waals surface area contributed by atoms with Crippen molar-refractivity contribution >= 4 is 5.69 Å². The Balaban J connectivity index is 2.06. The zero-order chi connectivity index (χ0) is 10.5. The van der Waals surface area contributed by atoms with Crippen molar-refractivity contribution in [3.05, 3.63) is 29.8 Å². The maximum absolute atomic E-state index is 5.58. The summed E-state index contributed by atoms with van der Waals surface area (Å²) < 4.78 is 0. The van der Waals surface area contributed by atoms with Gasteiger partial charge in [0.15, 0.2) is 0 Å². The Kier molecular flexibility index (Phi) is 3.59. The highest BCUT2D eigenvalue weighted by molar-refractivity contribution is 5.47. The molecule has 1 fully saturated rings. The highest BCUT2D eigenvalue weighted by Crippen LogP contribution is 2.15. The zero-order valence-corrected chi connectivity index (χ0v) is 9.08. The molecule has 15 heavy (non-hydrogen) atoms. The van der Waals surface area contributed by atoms with Crippen LogP contribution in [0.3, 0.4) is 0 Å². The van der Waals surface area contributed by atoms with E-state index in [1.54, 1.807) is 0 Å². The molecule has 1 aromatic carbocycles. The molecule has 0 saturated carbocycles. The molecule has 0 aromatic heterocycles. The van der Waals surface area contributed by atoms with Gasteiger partial charge in [-0.2, -0.15) is 0 Å². The number of anilines is 1. The van der Waals surface area contributed by atoms with Gasteiger partial charge in [0, 0.05) is 31.9 Å². The first kappa shape index (κ1) is 10.5. The standard InChI is InChI=1S/C12H19N3/c13-10-11-2-4-12(5-3-11)15-8-1-6-14-7-9-15/h2-5,14H,1,6-10,13H2. The quantitative estimate of drug-likeness (QED) is 0.755. The van der Waals surface area contributed by atoms with Gasteiger partial charge in [-0.05, 0) is 30.7 Å². The fraction of sp³-hybridized carbons (Fsp3) is 0.500. The summed E-state index contributed by atoms with van der Waals surface area (Å²) in [6.07, 6.45) is 1.22. The van der Waals surface area contributed by atoms with Crippen molar-refractivity contribution < 1.29 is 0 Å². The zero-order valence-electron chi connectivity index (χ0n) is 9.08. The molecule has 0 radical (unpaired) electrons. The molecule has 2 rings (SSSR count). The van der Waals surface area contributed by atoms with Crippen LogP contribution in [0.15, 0.2) is 24.3 Å². The summed E-state index contributed by atoms with van der Waals surface area (Å²) in [6, 6.07) is 8.59. The van der Waals surface area contributed by atoms with Crippen LogP contribution >= 0.6 is 0 Å². The maximum atomic E-state index is 5.58. The van der Waals surface area contributed by atoms with E-state index in [4.69, 9.17) is 5.73 Å². The van der Waals surface area contributed by atoms with E-state index in [9.17, 15) is 0 Å². The summed E-state index contributed by atoms with van der Waals surface area (Å²) in [4.78, 5) is 2.43. The minimum absolute atomic E-state index is 0.627. The van der Waals surface area contributed by atoms with Crippen LogP contribution in [0.25, 0.3) is 0 Å². The third kappa shape index (κ3) is 2.70. The molecule has 1 aromatic rings. The van der Waals surface area contributed by atoms with Crippen LogP contribution in [0, 0.1) is 0 Å². The van der Waals surface area contributed by atoms with E-state index in [0.717, 1.165) is 26.2 Å². The molecule has 1 aliphatic rings. The molecule has 3 nitrogen and oxygen atoms in total. The Morgan fingerprint density at radius 3 is 2.67 bits per heavy atom. The number of hydrogen-bond donors (Lipinski definition) is 2. The predicted molar refractivity (Wildman–Crippen MR) is 64.0 cm³/mol. The molecule has 1 heterocycles. The van der Waals surface area contributed by atoms with Crippen LogP contribution in [-0.2, 0) is 6.54 Å². The molecule has 0 amide bonds. The van der Waals surface area contributed by atoms with E-state index in [2.05, 4.69) is 34.5 Å². The molecule has 82 valence electrons. The number of rotatable bonds is 2. The maximum Gasteiger partial charge on any atom is 0.0366 e. The average molecular weight is 205 g/mol. The van der Waals surface area contributed by atoms with Crippen molar-refractivity contribution in [2.75, 3.05) is 31.1 Å². The molecule has 0 atom stereocenters. The van der Waals surface area contributed by atoms with Crippen molar-refractivity contribution in [1.29, 1.82) is 0 Å². The molecular formula is C12H19N3. The number of nitrogens with one attached hydrogen (secondary N) is 1. The summed E-state index contributed by atoms with van der Waals surface area (Å²) >= 11 is 0. The van der Waals surface area contributed by atoms with Gasteiger partial charge in [-0.1, -0.05) is 12.1 Å². The fourth-order valence-corrected chi connectivity index (χ4v) is 1.95. The Bertz CT molecular complexity index is 286.